The van der Waals surface area contributed by atoms with Gasteiger partial charge in [0.05, 0.1) is 23.9 Å². The molecule has 158 valence electrons. The van der Waals surface area contributed by atoms with Crippen LogP contribution < -0.4 is 15.4 Å². The summed E-state index contributed by atoms with van der Waals surface area (Å²) in [5.74, 6) is 0.194. The second-order valence-corrected chi connectivity index (χ2v) is 7.79. The minimum absolute atomic E-state index is 0.118. The number of nitrogens with one attached hydrogen (secondary N) is 2. The van der Waals surface area contributed by atoms with Crippen molar-refractivity contribution in [3.63, 3.8) is 0 Å². The lowest BCUT2D eigenvalue weighted by Gasteiger charge is -2.20. The number of rotatable bonds is 4. The van der Waals surface area contributed by atoms with Crippen LogP contribution in [0.25, 0.3) is 10.9 Å². The molecule has 2 aromatic carbocycles. The number of anilines is 2. The lowest BCUT2D eigenvalue weighted by molar-refractivity contribution is -0.119. The summed E-state index contributed by atoms with van der Waals surface area (Å²) >= 11 is 0. The van der Waals surface area contributed by atoms with E-state index in [1.807, 2.05) is 35.0 Å². The minimum atomic E-state index is -0.419. The van der Waals surface area contributed by atoms with E-state index in [0.29, 0.717) is 29.9 Å². The number of benzene rings is 2. The molecule has 1 aromatic heterocycles. The second-order valence-electron chi connectivity index (χ2n) is 7.79. The maximum absolute atomic E-state index is 13.0. The summed E-state index contributed by atoms with van der Waals surface area (Å²) in [7, 11) is 1.62. The predicted octanol–water partition coefficient (Wildman–Crippen LogP) is 2.85. The standard InChI is InChI=1S/C23H22N4O4/c1-31-20-6-2-4-18-15(20)9-11-26(18)13-21(28)24-14-7-8-17-16(12-14)23(30)27-10-3-5-19(27)22(29)25-17/h2,4,6-9,11-12,19H,3,5,10,13H2,1H3,(H,24,28)(H,25,29)/t19-/m1/s1. The lowest BCUT2D eigenvalue weighted by Crippen LogP contribution is -2.40. The summed E-state index contributed by atoms with van der Waals surface area (Å²) in [6, 6.07) is 12.2. The molecule has 1 fully saturated rings. The average Bonchev–Trinajstić information content (AvgIpc) is 3.40. The molecule has 0 radical (unpaired) electrons. The maximum atomic E-state index is 13.0. The fourth-order valence-electron chi connectivity index (χ4n) is 4.43. The van der Waals surface area contributed by atoms with Crippen LogP contribution in [0.1, 0.15) is 23.2 Å². The van der Waals surface area contributed by atoms with Crippen LogP contribution in [0.4, 0.5) is 11.4 Å². The number of fused-ring (bicyclic) bond motifs is 3. The molecule has 2 aliphatic rings. The zero-order valence-electron chi connectivity index (χ0n) is 17.1. The Balaban J connectivity index is 1.37. The zero-order chi connectivity index (χ0) is 21.5. The van der Waals surface area contributed by atoms with Gasteiger partial charge in [-0.3, -0.25) is 14.4 Å². The van der Waals surface area contributed by atoms with E-state index in [2.05, 4.69) is 10.6 Å². The molecule has 1 saturated heterocycles. The largest absolute Gasteiger partial charge is 0.496 e. The monoisotopic (exact) mass is 418 g/mol. The van der Waals surface area contributed by atoms with Gasteiger partial charge in [0.15, 0.2) is 0 Å². The van der Waals surface area contributed by atoms with Gasteiger partial charge in [0, 0.05) is 23.8 Å². The first-order valence-electron chi connectivity index (χ1n) is 10.2. The number of hydrogen-bond acceptors (Lipinski definition) is 4. The summed E-state index contributed by atoms with van der Waals surface area (Å²) in [4.78, 5) is 39.7. The number of hydrogen-bond donors (Lipinski definition) is 2. The quantitative estimate of drug-likeness (QED) is 0.682. The summed E-state index contributed by atoms with van der Waals surface area (Å²) in [5.41, 5.74) is 2.28. The molecule has 31 heavy (non-hydrogen) atoms. The zero-order valence-corrected chi connectivity index (χ0v) is 17.1. The highest BCUT2D eigenvalue weighted by Crippen LogP contribution is 2.31. The molecule has 0 unspecified atom stereocenters. The van der Waals surface area contributed by atoms with Gasteiger partial charge in [0.1, 0.15) is 18.3 Å². The third-order valence-corrected chi connectivity index (χ3v) is 5.92. The molecule has 1 atom stereocenters. The van der Waals surface area contributed by atoms with Crippen molar-refractivity contribution in [1.82, 2.24) is 9.47 Å². The molecule has 0 aliphatic carbocycles. The Bertz CT molecular complexity index is 1220. The fraction of sp³-hybridized carbons (Fsp3) is 0.261. The smallest absolute Gasteiger partial charge is 0.256 e. The van der Waals surface area contributed by atoms with Gasteiger partial charge in [-0.15, -0.1) is 0 Å². The summed E-state index contributed by atoms with van der Waals surface area (Å²) in [6.45, 7) is 0.684. The first-order valence-corrected chi connectivity index (χ1v) is 10.2. The predicted molar refractivity (Wildman–Crippen MR) is 116 cm³/mol. The average molecular weight is 418 g/mol. The molecule has 0 bridgehead atoms. The summed E-state index contributed by atoms with van der Waals surface area (Å²) in [6.07, 6.45) is 3.33. The number of carbonyl (C=O) groups excluding carboxylic acids is 3. The van der Waals surface area contributed by atoms with Gasteiger partial charge in [-0.2, -0.15) is 0 Å². The van der Waals surface area contributed by atoms with Gasteiger partial charge >= 0.3 is 0 Å². The van der Waals surface area contributed by atoms with Crippen molar-refractivity contribution in [3.05, 3.63) is 54.2 Å². The van der Waals surface area contributed by atoms with Crippen molar-refractivity contribution in [2.45, 2.75) is 25.4 Å². The highest BCUT2D eigenvalue weighted by Gasteiger charge is 2.38. The number of carbonyl (C=O) groups is 3. The third-order valence-electron chi connectivity index (χ3n) is 5.92. The van der Waals surface area contributed by atoms with Crippen LogP contribution in [0.5, 0.6) is 5.75 Å². The van der Waals surface area contributed by atoms with Crippen LogP contribution >= 0.6 is 0 Å². The van der Waals surface area contributed by atoms with Gasteiger partial charge in [-0.05, 0) is 49.2 Å². The minimum Gasteiger partial charge on any atom is -0.496 e. The SMILES string of the molecule is COc1cccc2c1ccn2CC(=O)Nc1ccc2c(c1)C(=O)N1CCC[C@@H]1C(=O)N2. The van der Waals surface area contributed by atoms with Gasteiger partial charge in [-0.25, -0.2) is 0 Å². The first kappa shape index (κ1) is 19.2. The van der Waals surface area contributed by atoms with E-state index in [1.165, 1.54) is 0 Å². The Labute approximate surface area is 178 Å². The van der Waals surface area contributed by atoms with E-state index in [1.54, 1.807) is 30.2 Å². The van der Waals surface area contributed by atoms with Crippen LogP contribution in [0.2, 0.25) is 0 Å². The molecule has 0 spiro atoms. The van der Waals surface area contributed by atoms with E-state index >= 15 is 0 Å². The van der Waals surface area contributed by atoms with Crippen molar-refractivity contribution in [3.8, 4) is 5.75 Å². The van der Waals surface area contributed by atoms with Crippen molar-refractivity contribution >= 4 is 40.0 Å². The van der Waals surface area contributed by atoms with Crippen LogP contribution in [-0.4, -0.2) is 46.9 Å². The van der Waals surface area contributed by atoms with Crippen LogP contribution in [0, 0.1) is 0 Å². The van der Waals surface area contributed by atoms with E-state index < -0.39 is 6.04 Å². The Hall–Kier alpha value is -3.81. The Morgan fingerprint density at radius 2 is 2.10 bits per heavy atom. The van der Waals surface area contributed by atoms with Crippen molar-refractivity contribution < 1.29 is 19.1 Å². The van der Waals surface area contributed by atoms with Crippen molar-refractivity contribution in [1.29, 1.82) is 0 Å². The Morgan fingerprint density at radius 1 is 1.23 bits per heavy atom. The van der Waals surface area contributed by atoms with E-state index in [9.17, 15) is 14.4 Å². The number of ether oxygens (including phenoxy) is 1. The molecule has 2 N–H and O–H groups in total. The molecule has 0 saturated carbocycles. The molecule has 3 aromatic rings. The van der Waals surface area contributed by atoms with Crippen molar-refractivity contribution in [2.75, 3.05) is 24.3 Å². The van der Waals surface area contributed by atoms with Gasteiger partial charge < -0.3 is 24.8 Å². The summed E-state index contributed by atoms with van der Waals surface area (Å²) < 4.78 is 7.22. The van der Waals surface area contributed by atoms with Gasteiger partial charge in [0.2, 0.25) is 11.8 Å². The maximum Gasteiger partial charge on any atom is 0.256 e. The molecular formula is C23H22N4O4. The van der Waals surface area contributed by atoms with Crippen molar-refractivity contribution in [2.24, 2.45) is 0 Å². The number of amides is 3. The Kier molecular flexibility index (Phi) is 4.62. The lowest BCUT2D eigenvalue weighted by atomic mass is 10.1. The molecule has 3 amide bonds. The van der Waals surface area contributed by atoms with Gasteiger partial charge in [-0.1, -0.05) is 6.07 Å². The highest BCUT2D eigenvalue weighted by atomic mass is 16.5. The van der Waals surface area contributed by atoms with Gasteiger partial charge in [0.25, 0.3) is 5.91 Å². The second kappa shape index (κ2) is 7.46. The number of aromatic nitrogens is 1. The summed E-state index contributed by atoms with van der Waals surface area (Å²) in [5, 5.41) is 6.64. The first-order chi connectivity index (χ1) is 15.0. The number of nitrogens with zero attached hydrogens (tertiary/aromatic N) is 2. The van der Waals surface area contributed by atoms with E-state index in [4.69, 9.17) is 4.74 Å². The third kappa shape index (κ3) is 3.30. The molecule has 3 heterocycles. The van der Waals surface area contributed by atoms with Crippen LogP contribution in [0.3, 0.4) is 0 Å². The normalized spacial score (nSPS) is 17.7. The van der Waals surface area contributed by atoms with E-state index in [-0.39, 0.29) is 24.3 Å². The van der Waals surface area contributed by atoms with E-state index in [0.717, 1.165) is 23.1 Å². The molecule has 8 heteroatoms. The fourth-order valence-corrected chi connectivity index (χ4v) is 4.43. The molecular weight excluding hydrogens is 396 g/mol. The molecule has 2 aliphatic heterocycles. The molecule has 8 nitrogen and oxygen atoms in total. The topological polar surface area (TPSA) is 92.7 Å². The molecule has 5 rings (SSSR count). The Morgan fingerprint density at radius 3 is 2.94 bits per heavy atom. The van der Waals surface area contributed by atoms with Crippen LogP contribution in [-0.2, 0) is 16.1 Å². The highest BCUT2D eigenvalue weighted by molar-refractivity contribution is 6.11. The number of methoxy groups -OCH3 is 1. The van der Waals surface area contributed by atoms with Crippen LogP contribution in [0.15, 0.2) is 48.7 Å².